The van der Waals surface area contributed by atoms with E-state index in [0.717, 1.165) is 18.4 Å². The molecule has 78 valence electrons. The molecule has 0 aromatic rings. The fourth-order valence-electron chi connectivity index (χ4n) is 1.09. The summed E-state index contributed by atoms with van der Waals surface area (Å²) in [6.07, 6.45) is 13.5. The van der Waals surface area contributed by atoms with Crippen LogP contribution in [0.15, 0.2) is 47.9 Å². The molecular formula is C13H19F. The van der Waals surface area contributed by atoms with Crippen LogP contribution < -0.4 is 0 Å². The molecule has 0 saturated carbocycles. The summed E-state index contributed by atoms with van der Waals surface area (Å²) in [5, 5.41) is 0. The van der Waals surface area contributed by atoms with Crippen LogP contribution in [0.2, 0.25) is 0 Å². The summed E-state index contributed by atoms with van der Waals surface area (Å²) < 4.78 is 12.6. The summed E-state index contributed by atoms with van der Waals surface area (Å²) in [6, 6.07) is 0. The molecule has 0 aromatic heterocycles. The van der Waals surface area contributed by atoms with Crippen LogP contribution in [-0.2, 0) is 0 Å². The Hall–Kier alpha value is -1.11. The van der Waals surface area contributed by atoms with Gasteiger partial charge in [0.25, 0.3) is 0 Å². The standard InChI is InChI=1S/C13H19F/c1-4-6-7-8-9-10-13(5-2)11-12(3)14/h4-8,11H,9-10H2,1-3H3/b6-4-,8-7-,12-11+,13-5+. The molecule has 0 aromatic carbocycles. The molecule has 0 aliphatic rings. The second-order valence-electron chi connectivity index (χ2n) is 3.09. The van der Waals surface area contributed by atoms with E-state index in [4.69, 9.17) is 0 Å². The molecule has 0 radical (unpaired) electrons. The van der Waals surface area contributed by atoms with Crippen LogP contribution in [-0.4, -0.2) is 0 Å². The van der Waals surface area contributed by atoms with Crippen molar-refractivity contribution in [3.05, 3.63) is 47.9 Å². The van der Waals surface area contributed by atoms with Gasteiger partial charge in [0.15, 0.2) is 0 Å². The lowest BCUT2D eigenvalue weighted by Gasteiger charge is -1.97. The first-order valence-electron chi connectivity index (χ1n) is 4.97. The summed E-state index contributed by atoms with van der Waals surface area (Å²) in [4.78, 5) is 0. The topological polar surface area (TPSA) is 0 Å². The van der Waals surface area contributed by atoms with E-state index in [1.165, 1.54) is 6.92 Å². The molecule has 0 aliphatic carbocycles. The second kappa shape index (κ2) is 8.49. The minimum absolute atomic E-state index is 0.129. The van der Waals surface area contributed by atoms with Crippen molar-refractivity contribution >= 4 is 0 Å². The van der Waals surface area contributed by atoms with Gasteiger partial charge < -0.3 is 0 Å². The Morgan fingerprint density at radius 1 is 1.21 bits per heavy atom. The van der Waals surface area contributed by atoms with Crippen LogP contribution in [0.1, 0.15) is 33.6 Å². The Kier molecular flexibility index (Phi) is 7.81. The summed E-state index contributed by atoms with van der Waals surface area (Å²) in [5.41, 5.74) is 1.05. The maximum atomic E-state index is 12.6. The zero-order chi connectivity index (χ0) is 10.8. The Bertz CT molecular complexity index is 250. The van der Waals surface area contributed by atoms with E-state index >= 15 is 0 Å². The van der Waals surface area contributed by atoms with Crippen LogP contribution in [0.3, 0.4) is 0 Å². The molecule has 0 saturated heterocycles. The highest BCUT2D eigenvalue weighted by atomic mass is 19.1. The van der Waals surface area contributed by atoms with Gasteiger partial charge in [0, 0.05) is 0 Å². The van der Waals surface area contributed by atoms with E-state index < -0.39 is 0 Å². The normalized spacial score (nSPS) is 14.6. The molecule has 0 N–H and O–H groups in total. The molecule has 14 heavy (non-hydrogen) atoms. The lowest BCUT2D eigenvalue weighted by molar-refractivity contribution is 0.638. The van der Waals surface area contributed by atoms with Crippen molar-refractivity contribution in [1.29, 1.82) is 0 Å². The van der Waals surface area contributed by atoms with Gasteiger partial charge in [-0.05, 0) is 45.3 Å². The highest BCUT2D eigenvalue weighted by Gasteiger charge is 1.91. The monoisotopic (exact) mass is 194 g/mol. The van der Waals surface area contributed by atoms with E-state index in [0.29, 0.717) is 0 Å². The minimum atomic E-state index is -0.129. The molecule has 0 rings (SSSR count). The number of rotatable bonds is 5. The molecular weight excluding hydrogens is 175 g/mol. The van der Waals surface area contributed by atoms with Crippen molar-refractivity contribution in [3.8, 4) is 0 Å². The lowest BCUT2D eigenvalue weighted by Crippen LogP contribution is -1.78. The Morgan fingerprint density at radius 3 is 2.43 bits per heavy atom. The molecule has 0 bridgehead atoms. The first-order valence-corrected chi connectivity index (χ1v) is 4.97. The Labute approximate surface area is 86.5 Å². The smallest absolute Gasteiger partial charge is 0.0971 e. The number of hydrogen-bond acceptors (Lipinski definition) is 0. The maximum absolute atomic E-state index is 12.6. The molecule has 0 unspecified atom stereocenters. The largest absolute Gasteiger partial charge is 0.212 e. The van der Waals surface area contributed by atoms with Gasteiger partial charge in [-0.15, -0.1) is 0 Å². The Balaban J connectivity index is 3.93. The van der Waals surface area contributed by atoms with Gasteiger partial charge in [0.1, 0.15) is 0 Å². The van der Waals surface area contributed by atoms with E-state index in [2.05, 4.69) is 6.08 Å². The van der Waals surface area contributed by atoms with Gasteiger partial charge in [-0.3, -0.25) is 0 Å². The van der Waals surface area contributed by atoms with E-state index in [1.807, 2.05) is 38.2 Å². The molecule has 1 heteroatoms. The van der Waals surface area contributed by atoms with Gasteiger partial charge in [-0.1, -0.05) is 30.4 Å². The third-order valence-electron chi connectivity index (χ3n) is 1.79. The first kappa shape index (κ1) is 12.9. The summed E-state index contributed by atoms with van der Waals surface area (Å²) in [6.45, 7) is 5.39. The highest BCUT2D eigenvalue weighted by molar-refractivity contribution is 5.20. The molecule has 0 atom stereocenters. The average molecular weight is 194 g/mol. The van der Waals surface area contributed by atoms with Gasteiger partial charge >= 0.3 is 0 Å². The molecule has 0 heterocycles. The molecule has 0 fully saturated rings. The van der Waals surface area contributed by atoms with Crippen molar-refractivity contribution < 1.29 is 4.39 Å². The van der Waals surface area contributed by atoms with Gasteiger partial charge in [-0.25, -0.2) is 4.39 Å². The van der Waals surface area contributed by atoms with E-state index in [9.17, 15) is 4.39 Å². The van der Waals surface area contributed by atoms with Crippen molar-refractivity contribution in [2.24, 2.45) is 0 Å². The summed E-state index contributed by atoms with van der Waals surface area (Å²) >= 11 is 0. The van der Waals surface area contributed by atoms with E-state index in [1.54, 1.807) is 6.08 Å². The molecule has 0 aliphatic heterocycles. The average Bonchev–Trinajstić information content (AvgIpc) is 2.15. The second-order valence-corrected chi connectivity index (χ2v) is 3.09. The summed E-state index contributed by atoms with van der Waals surface area (Å²) in [7, 11) is 0. The van der Waals surface area contributed by atoms with Gasteiger partial charge in [0.2, 0.25) is 0 Å². The van der Waals surface area contributed by atoms with Crippen LogP contribution >= 0.6 is 0 Å². The van der Waals surface area contributed by atoms with Crippen molar-refractivity contribution in [2.45, 2.75) is 33.6 Å². The third kappa shape index (κ3) is 7.53. The summed E-state index contributed by atoms with van der Waals surface area (Å²) in [5.74, 6) is -0.129. The SMILES string of the molecule is C/C=C\C=C/CCC(/C=C(\C)F)=C\C. The quantitative estimate of drug-likeness (QED) is 0.555. The number of hydrogen-bond donors (Lipinski definition) is 0. The van der Waals surface area contributed by atoms with Gasteiger partial charge in [-0.2, -0.15) is 0 Å². The fourth-order valence-corrected chi connectivity index (χ4v) is 1.09. The van der Waals surface area contributed by atoms with Crippen molar-refractivity contribution in [2.75, 3.05) is 0 Å². The zero-order valence-electron chi connectivity index (χ0n) is 9.26. The maximum Gasteiger partial charge on any atom is 0.0971 e. The number of halogens is 1. The molecule has 0 spiro atoms. The lowest BCUT2D eigenvalue weighted by atomic mass is 10.1. The van der Waals surface area contributed by atoms with E-state index in [-0.39, 0.29) is 5.83 Å². The highest BCUT2D eigenvalue weighted by Crippen LogP contribution is 2.10. The molecule has 0 nitrogen and oxygen atoms in total. The number of allylic oxidation sites excluding steroid dienone is 8. The van der Waals surface area contributed by atoms with Crippen molar-refractivity contribution in [1.82, 2.24) is 0 Å². The molecule has 0 amide bonds. The fraction of sp³-hybridized carbons (Fsp3) is 0.385. The third-order valence-corrected chi connectivity index (χ3v) is 1.79. The van der Waals surface area contributed by atoms with Crippen molar-refractivity contribution in [3.63, 3.8) is 0 Å². The van der Waals surface area contributed by atoms with Crippen LogP contribution in [0.5, 0.6) is 0 Å². The predicted octanol–water partition coefficient (Wildman–Crippen LogP) is 4.72. The van der Waals surface area contributed by atoms with Crippen LogP contribution in [0.4, 0.5) is 4.39 Å². The minimum Gasteiger partial charge on any atom is -0.212 e. The first-order chi connectivity index (χ1) is 6.70. The van der Waals surface area contributed by atoms with Crippen LogP contribution in [0.25, 0.3) is 0 Å². The van der Waals surface area contributed by atoms with Gasteiger partial charge in [0.05, 0.1) is 5.83 Å². The predicted molar refractivity (Wildman–Crippen MR) is 61.8 cm³/mol. The Morgan fingerprint density at radius 2 is 1.93 bits per heavy atom. The van der Waals surface area contributed by atoms with Crippen LogP contribution in [0, 0.1) is 0 Å². The zero-order valence-corrected chi connectivity index (χ0v) is 9.26.